The minimum absolute atomic E-state index is 0.624. The molecule has 0 atom stereocenters. The molecule has 4 heterocycles. The van der Waals surface area contributed by atoms with Crippen LogP contribution >= 0.6 is 11.3 Å². The molecule has 1 N–H and O–H groups in total. The standard InChI is InChI=1S/C21H26N4OS/c1-14-24-20(13-27-14)19-12-23-21-18(19)10-16(11-22-21)15-2-4-17(5-3-15)25-6-8-26-9-7-25/h10-13,15,17H,2-9H2,1H3,(H,22,23)/t15-,17+. The third-order valence-electron chi connectivity index (χ3n) is 6.18. The molecule has 2 aliphatic rings. The molecule has 3 aromatic rings. The first kappa shape index (κ1) is 17.3. The molecule has 1 saturated heterocycles. The van der Waals surface area contributed by atoms with Gasteiger partial charge in [0.15, 0.2) is 0 Å². The Morgan fingerprint density at radius 1 is 1.19 bits per heavy atom. The van der Waals surface area contributed by atoms with Crippen molar-refractivity contribution < 1.29 is 4.74 Å². The summed E-state index contributed by atoms with van der Waals surface area (Å²) >= 11 is 1.70. The first-order valence-electron chi connectivity index (χ1n) is 9.99. The second-order valence-electron chi connectivity index (χ2n) is 7.77. The number of nitrogens with zero attached hydrogens (tertiary/aromatic N) is 3. The van der Waals surface area contributed by atoms with E-state index in [4.69, 9.17) is 9.72 Å². The maximum Gasteiger partial charge on any atom is 0.137 e. The van der Waals surface area contributed by atoms with Crippen LogP contribution in [0.5, 0.6) is 0 Å². The summed E-state index contributed by atoms with van der Waals surface area (Å²) in [6.45, 7) is 6.05. The number of hydrogen-bond donors (Lipinski definition) is 1. The highest BCUT2D eigenvalue weighted by Gasteiger charge is 2.28. The van der Waals surface area contributed by atoms with E-state index < -0.39 is 0 Å². The molecule has 1 aliphatic heterocycles. The fraction of sp³-hybridized carbons (Fsp3) is 0.524. The maximum absolute atomic E-state index is 5.51. The summed E-state index contributed by atoms with van der Waals surface area (Å²) in [5.41, 5.74) is 4.57. The molecule has 0 aromatic carbocycles. The third-order valence-corrected chi connectivity index (χ3v) is 6.95. The molecule has 142 valence electrons. The fourth-order valence-electron chi connectivity index (χ4n) is 4.66. The molecule has 3 aromatic heterocycles. The van der Waals surface area contributed by atoms with Crippen molar-refractivity contribution in [2.24, 2.45) is 0 Å². The largest absolute Gasteiger partial charge is 0.379 e. The summed E-state index contributed by atoms with van der Waals surface area (Å²) in [4.78, 5) is 15.3. The van der Waals surface area contributed by atoms with E-state index >= 15 is 0 Å². The van der Waals surface area contributed by atoms with Crippen LogP contribution in [0.4, 0.5) is 0 Å². The van der Waals surface area contributed by atoms with E-state index in [2.05, 4.69) is 39.4 Å². The van der Waals surface area contributed by atoms with Gasteiger partial charge in [-0.25, -0.2) is 9.97 Å². The van der Waals surface area contributed by atoms with Gasteiger partial charge in [0.1, 0.15) is 5.65 Å². The summed E-state index contributed by atoms with van der Waals surface area (Å²) in [5.74, 6) is 0.624. The Morgan fingerprint density at radius 3 is 2.74 bits per heavy atom. The molecule has 0 spiro atoms. The van der Waals surface area contributed by atoms with Gasteiger partial charge in [-0.1, -0.05) is 0 Å². The van der Waals surface area contributed by atoms with Crippen molar-refractivity contribution in [3.05, 3.63) is 34.4 Å². The van der Waals surface area contributed by atoms with Gasteiger partial charge in [-0.05, 0) is 50.2 Å². The number of H-pyrrole nitrogens is 1. The van der Waals surface area contributed by atoms with Gasteiger partial charge in [0, 0.05) is 47.9 Å². The van der Waals surface area contributed by atoms with E-state index in [-0.39, 0.29) is 0 Å². The lowest BCUT2D eigenvalue weighted by molar-refractivity contribution is 0.00729. The minimum atomic E-state index is 0.624. The quantitative estimate of drug-likeness (QED) is 0.731. The van der Waals surface area contributed by atoms with Crippen molar-refractivity contribution >= 4 is 22.4 Å². The van der Waals surface area contributed by atoms with Crippen LogP contribution in [0.3, 0.4) is 0 Å². The molecule has 0 amide bonds. The van der Waals surface area contributed by atoms with Crippen LogP contribution in [-0.4, -0.2) is 52.2 Å². The summed E-state index contributed by atoms with van der Waals surface area (Å²) in [6.07, 6.45) is 9.21. The highest BCUT2D eigenvalue weighted by atomic mass is 32.1. The van der Waals surface area contributed by atoms with E-state index in [1.165, 1.54) is 42.2 Å². The smallest absolute Gasteiger partial charge is 0.137 e. The van der Waals surface area contributed by atoms with Gasteiger partial charge in [-0.3, -0.25) is 4.90 Å². The number of thiazole rings is 1. The van der Waals surface area contributed by atoms with Crippen LogP contribution in [0.15, 0.2) is 23.8 Å². The zero-order valence-electron chi connectivity index (χ0n) is 15.8. The van der Waals surface area contributed by atoms with Crippen LogP contribution in [0.25, 0.3) is 22.3 Å². The minimum Gasteiger partial charge on any atom is -0.379 e. The first-order chi connectivity index (χ1) is 13.3. The van der Waals surface area contributed by atoms with Gasteiger partial charge in [0.05, 0.1) is 23.9 Å². The van der Waals surface area contributed by atoms with Gasteiger partial charge in [-0.2, -0.15) is 0 Å². The number of pyridine rings is 1. The predicted octanol–water partition coefficient (Wildman–Crippen LogP) is 4.35. The lowest BCUT2D eigenvalue weighted by atomic mass is 9.81. The molecule has 1 aliphatic carbocycles. The molecule has 0 unspecified atom stereocenters. The topological polar surface area (TPSA) is 54.0 Å². The Labute approximate surface area is 163 Å². The van der Waals surface area contributed by atoms with Crippen LogP contribution in [-0.2, 0) is 4.74 Å². The Bertz CT molecular complexity index is 919. The molecule has 5 rings (SSSR count). The number of aromatic amines is 1. The highest BCUT2D eigenvalue weighted by molar-refractivity contribution is 7.09. The van der Waals surface area contributed by atoms with Crippen molar-refractivity contribution in [1.29, 1.82) is 0 Å². The van der Waals surface area contributed by atoms with Crippen molar-refractivity contribution in [3.8, 4) is 11.3 Å². The Balaban J connectivity index is 1.35. The number of ether oxygens (including phenoxy) is 1. The van der Waals surface area contributed by atoms with E-state index in [1.54, 1.807) is 11.3 Å². The van der Waals surface area contributed by atoms with Crippen LogP contribution in [0.2, 0.25) is 0 Å². The number of aromatic nitrogens is 3. The Kier molecular flexibility index (Phi) is 4.71. The summed E-state index contributed by atoms with van der Waals surface area (Å²) in [5, 5.41) is 4.44. The maximum atomic E-state index is 5.51. The van der Waals surface area contributed by atoms with Crippen LogP contribution < -0.4 is 0 Å². The van der Waals surface area contributed by atoms with Gasteiger partial charge >= 0.3 is 0 Å². The number of rotatable bonds is 3. The summed E-state index contributed by atoms with van der Waals surface area (Å²) in [7, 11) is 0. The molecule has 27 heavy (non-hydrogen) atoms. The van der Waals surface area contributed by atoms with E-state index in [9.17, 15) is 0 Å². The van der Waals surface area contributed by atoms with E-state index in [0.717, 1.165) is 48.7 Å². The zero-order chi connectivity index (χ0) is 18.2. The average molecular weight is 383 g/mol. The second kappa shape index (κ2) is 7.34. The average Bonchev–Trinajstić information content (AvgIpc) is 3.34. The number of nitrogens with one attached hydrogen (secondary N) is 1. The monoisotopic (exact) mass is 382 g/mol. The molecular weight excluding hydrogens is 356 g/mol. The molecule has 0 radical (unpaired) electrons. The second-order valence-corrected chi connectivity index (χ2v) is 8.83. The number of aryl methyl sites for hydroxylation is 1. The Morgan fingerprint density at radius 2 is 2.00 bits per heavy atom. The van der Waals surface area contributed by atoms with Gasteiger partial charge in [0.2, 0.25) is 0 Å². The molecule has 1 saturated carbocycles. The Hall–Kier alpha value is -1.76. The highest BCUT2D eigenvalue weighted by Crippen LogP contribution is 2.37. The molecule has 5 nitrogen and oxygen atoms in total. The lowest BCUT2D eigenvalue weighted by Crippen LogP contribution is -2.44. The molecule has 0 bridgehead atoms. The van der Waals surface area contributed by atoms with Crippen LogP contribution in [0.1, 0.15) is 42.2 Å². The normalized spacial score (nSPS) is 24.5. The van der Waals surface area contributed by atoms with Gasteiger partial charge < -0.3 is 9.72 Å². The third kappa shape index (κ3) is 3.42. The summed E-state index contributed by atoms with van der Waals surface area (Å²) < 4.78 is 5.51. The fourth-order valence-corrected chi connectivity index (χ4v) is 5.27. The first-order valence-corrected chi connectivity index (χ1v) is 10.9. The van der Waals surface area contributed by atoms with Crippen molar-refractivity contribution in [1.82, 2.24) is 19.9 Å². The SMILES string of the molecule is Cc1nc(-c2c[nH]c3ncc([C@H]4CC[C@@H](N5CCOCC5)CC4)cc23)cs1. The lowest BCUT2D eigenvalue weighted by Gasteiger charge is -2.38. The number of morpholine rings is 1. The van der Waals surface area contributed by atoms with Gasteiger partial charge in [0.25, 0.3) is 0 Å². The zero-order valence-corrected chi connectivity index (χ0v) is 16.6. The molecule has 2 fully saturated rings. The van der Waals surface area contributed by atoms with Crippen molar-refractivity contribution in [2.75, 3.05) is 26.3 Å². The molecule has 6 heteroatoms. The van der Waals surface area contributed by atoms with Gasteiger partial charge in [-0.15, -0.1) is 11.3 Å². The molecular formula is C21H26N4OS. The number of fused-ring (bicyclic) bond motifs is 1. The summed E-state index contributed by atoms with van der Waals surface area (Å²) in [6, 6.07) is 3.09. The number of hydrogen-bond acceptors (Lipinski definition) is 5. The van der Waals surface area contributed by atoms with Crippen LogP contribution in [0, 0.1) is 6.92 Å². The van der Waals surface area contributed by atoms with E-state index in [0.29, 0.717) is 5.92 Å². The van der Waals surface area contributed by atoms with Crippen molar-refractivity contribution in [2.45, 2.75) is 44.6 Å². The van der Waals surface area contributed by atoms with E-state index in [1.807, 2.05) is 6.20 Å². The predicted molar refractivity (Wildman–Crippen MR) is 109 cm³/mol. The van der Waals surface area contributed by atoms with Crippen molar-refractivity contribution in [3.63, 3.8) is 0 Å².